The van der Waals surface area contributed by atoms with Crippen LogP contribution < -0.4 is 0 Å². The molecule has 4 aromatic heterocycles. The van der Waals surface area contributed by atoms with Crippen molar-refractivity contribution in [2.45, 2.75) is 6.18 Å². The molecule has 0 spiro atoms. The molecule has 0 unspecified atom stereocenters. The summed E-state index contributed by atoms with van der Waals surface area (Å²) in [6, 6.07) is 65.0. The van der Waals surface area contributed by atoms with E-state index in [4.69, 9.17) is 16.5 Å². The second-order valence-electron chi connectivity index (χ2n) is 17.1. The zero-order valence-electron chi connectivity index (χ0n) is 37.0. The molecule has 12 aromatic rings. The van der Waals surface area contributed by atoms with E-state index in [9.17, 15) is 5.26 Å². The third-order valence-electron chi connectivity index (χ3n) is 13.1. The van der Waals surface area contributed by atoms with Gasteiger partial charge in [-0.15, -0.1) is 0 Å². The van der Waals surface area contributed by atoms with Crippen LogP contribution in [0.15, 0.2) is 213 Å². The van der Waals surface area contributed by atoms with Gasteiger partial charge >= 0.3 is 6.18 Å². The van der Waals surface area contributed by atoms with E-state index in [1.165, 1.54) is 12.1 Å². The van der Waals surface area contributed by atoms with Crippen LogP contribution in [0.2, 0.25) is 0 Å². The van der Waals surface area contributed by atoms with Crippen LogP contribution in [0.3, 0.4) is 0 Å². The number of nitriles is 1. The lowest BCUT2D eigenvalue weighted by molar-refractivity contribution is -0.137. The number of fused-ring (bicyclic) bond motifs is 6. The normalized spacial score (nSPS) is 11.6. The lowest BCUT2D eigenvalue weighted by Gasteiger charge is -2.22. The molecule has 0 radical (unpaired) electrons. The minimum Gasteiger partial charge on any atom is -0.309 e. The Labute approximate surface area is 399 Å². The van der Waals surface area contributed by atoms with Gasteiger partial charge in [0.25, 0.3) is 0 Å². The van der Waals surface area contributed by atoms with Gasteiger partial charge in [-0.2, -0.15) is 18.4 Å². The van der Waals surface area contributed by atoms with Crippen molar-refractivity contribution in [3.63, 3.8) is 0 Å². The molecule has 9 heteroatoms. The fourth-order valence-corrected chi connectivity index (χ4v) is 9.90. The Bertz CT molecular complexity index is 4100. The summed E-state index contributed by atoms with van der Waals surface area (Å²) in [5.41, 5.74) is 9.97. The number of benzene rings is 8. The van der Waals surface area contributed by atoms with Crippen LogP contribution in [-0.4, -0.2) is 19.1 Å². The zero-order valence-corrected chi connectivity index (χ0v) is 37.0. The van der Waals surface area contributed by atoms with Crippen molar-refractivity contribution in [2.75, 3.05) is 0 Å². The molecule has 4 heterocycles. The molecular weight excluding hydrogens is 874 g/mol. The molecule has 0 aliphatic rings. The fraction of sp³-hybridized carbons (Fsp3) is 0.0164. The van der Waals surface area contributed by atoms with Gasteiger partial charge in [0.05, 0.1) is 62.5 Å². The van der Waals surface area contributed by atoms with Crippen LogP contribution in [0, 0.1) is 17.9 Å². The highest BCUT2D eigenvalue weighted by Crippen LogP contribution is 2.48. The number of para-hydroxylation sites is 2. The minimum absolute atomic E-state index is 0.146. The number of alkyl halides is 3. The summed E-state index contributed by atoms with van der Waals surface area (Å²) in [6.07, 6.45) is -1.13. The number of halogens is 3. The number of nitrogens with zero attached hydrogens (tertiary/aromatic N) is 6. The van der Waals surface area contributed by atoms with Gasteiger partial charge in [0, 0.05) is 61.8 Å². The molecule has 0 bridgehead atoms. The van der Waals surface area contributed by atoms with Gasteiger partial charge in [-0.05, 0) is 77.4 Å². The second kappa shape index (κ2) is 16.6. The molecule has 8 aromatic carbocycles. The van der Waals surface area contributed by atoms with Gasteiger partial charge in [-0.1, -0.05) is 140 Å². The van der Waals surface area contributed by atoms with Gasteiger partial charge in [0.2, 0.25) is 0 Å². The third kappa shape index (κ3) is 6.96. The predicted molar refractivity (Wildman–Crippen MR) is 274 cm³/mol. The van der Waals surface area contributed by atoms with Crippen LogP contribution in [-0.2, 0) is 6.18 Å². The molecule has 0 aliphatic carbocycles. The summed E-state index contributed by atoms with van der Waals surface area (Å²) in [5.74, 6) is 0. The second-order valence-corrected chi connectivity index (χ2v) is 17.1. The van der Waals surface area contributed by atoms with Gasteiger partial charge in [0.15, 0.2) is 5.69 Å². The van der Waals surface area contributed by atoms with Gasteiger partial charge in [-0.25, -0.2) is 4.85 Å². The Hall–Kier alpha value is -9.57. The van der Waals surface area contributed by atoms with Crippen molar-refractivity contribution in [3.8, 4) is 73.3 Å². The molecule has 0 atom stereocenters. The Morgan fingerprint density at radius 3 is 1.43 bits per heavy atom. The molecule has 0 aliphatic heterocycles. The molecule has 0 amide bonds. The van der Waals surface area contributed by atoms with E-state index in [0.29, 0.717) is 16.9 Å². The summed E-state index contributed by atoms with van der Waals surface area (Å²) in [5, 5.41) is 14.7. The highest BCUT2D eigenvalue weighted by Gasteiger charge is 2.36. The average Bonchev–Trinajstić information content (AvgIpc) is 3.92. The Morgan fingerprint density at radius 1 is 0.457 bits per heavy atom. The quantitative estimate of drug-likeness (QED) is 0.150. The first-order valence-electron chi connectivity index (χ1n) is 22.5. The molecule has 0 saturated heterocycles. The van der Waals surface area contributed by atoms with Crippen LogP contribution in [0.5, 0.6) is 0 Å². The van der Waals surface area contributed by atoms with Crippen LogP contribution in [0.1, 0.15) is 11.1 Å². The molecule has 12 rings (SSSR count). The van der Waals surface area contributed by atoms with E-state index in [2.05, 4.69) is 23.0 Å². The molecule has 6 nitrogen and oxygen atoms in total. The largest absolute Gasteiger partial charge is 0.415 e. The van der Waals surface area contributed by atoms with Crippen LogP contribution in [0.4, 0.5) is 18.9 Å². The number of hydrogen-bond donors (Lipinski definition) is 0. The Kier molecular flexibility index (Phi) is 9.94. The predicted octanol–water partition coefficient (Wildman–Crippen LogP) is 16.4. The van der Waals surface area contributed by atoms with Crippen molar-refractivity contribution in [1.82, 2.24) is 19.1 Å². The summed E-state index contributed by atoms with van der Waals surface area (Å²) in [4.78, 5) is 13.2. The maximum atomic E-state index is 15.4. The van der Waals surface area contributed by atoms with E-state index in [1.54, 1.807) is 12.1 Å². The summed E-state index contributed by atoms with van der Waals surface area (Å²) >= 11 is 0. The van der Waals surface area contributed by atoms with Crippen molar-refractivity contribution in [3.05, 3.63) is 235 Å². The third-order valence-corrected chi connectivity index (χ3v) is 13.1. The number of rotatable bonds is 7. The first-order chi connectivity index (χ1) is 34.3. The molecule has 0 fully saturated rings. The molecular formula is C61H35F3N6. The first-order valence-corrected chi connectivity index (χ1v) is 22.5. The van der Waals surface area contributed by atoms with Crippen molar-refractivity contribution < 1.29 is 13.2 Å². The Balaban J connectivity index is 1.09. The van der Waals surface area contributed by atoms with Crippen molar-refractivity contribution in [1.29, 1.82) is 5.26 Å². The maximum Gasteiger partial charge on any atom is 0.415 e. The van der Waals surface area contributed by atoms with Gasteiger partial charge in [0.1, 0.15) is 6.07 Å². The minimum atomic E-state index is -4.82. The molecule has 70 heavy (non-hydrogen) atoms. The van der Waals surface area contributed by atoms with Crippen LogP contribution >= 0.6 is 0 Å². The highest BCUT2D eigenvalue weighted by molar-refractivity contribution is 6.13. The lowest BCUT2D eigenvalue weighted by atomic mass is 9.93. The van der Waals surface area contributed by atoms with Crippen LogP contribution in [0.25, 0.3) is 116 Å². The van der Waals surface area contributed by atoms with Crippen molar-refractivity contribution in [2.24, 2.45) is 0 Å². The van der Waals surface area contributed by atoms with Crippen molar-refractivity contribution >= 4 is 49.3 Å². The lowest BCUT2D eigenvalue weighted by Crippen LogP contribution is -2.09. The fourth-order valence-electron chi connectivity index (χ4n) is 9.90. The van der Waals surface area contributed by atoms with Gasteiger partial charge in [-0.3, -0.25) is 9.97 Å². The monoisotopic (exact) mass is 908 g/mol. The van der Waals surface area contributed by atoms with E-state index in [-0.39, 0.29) is 22.4 Å². The standard InChI is InChI=1S/C61H35F3N6/c1-66-53-20-12-19-50(61(62,63)64)60(53)49-34-58(69-54-21-10-8-17-45(54)47-31-40(25-29-56(47)69)42-23-27-51(67-36-42)38-13-4-2-5-14-38)44(35-65)33-59(49)70-55-22-11-9-18-46(55)48-32-41(26-30-57(48)70)43-24-28-52(68-37-43)39-15-6-3-7-16-39/h2-34,36-37H. The average molecular weight is 909 g/mol. The summed E-state index contributed by atoms with van der Waals surface area (Å²) in [7, 11) is 0. The van der Waals surface area contributed by atoms with E-state index >= 15 is 13.2 Å². The topological polar surface area (TPSA) is 63.8 Å². The number of aromatic nitrogens is 4. The first kappa shape index (κ1) is 41.8. The van der Waals surface area contributed by atoms with E-state index < -0.39 is 11.7 Å². The smallest absolute Gasteiger partial charge is 0.309 e. The summed E-state index contributed by atoms with van der Waals surface area (Å²) in [6.45, 7) is 8.23. The number of pyridine rings is 2. The summed E-state index contributed by atoms with van der Waals surface area (Å²) < 4.78 is 50.1. The SMILES string of the molecule is [C-]#[N+]c1cccc(C(F)(F)F)c1-c1cc(-n2c3ccccc3c3cc(-c4ccc(-c5ccccc5)nc4)ccc32)c(C#N)cc1-n1c2ccccc2c2cc(-c3ccc(-c4ccccc4)nc3)ccc21. The Morgan fingerprint density at radius 2 is 0.943 bits per heavy atom. The molecule has 330 valence electrons. The highest BCUT2D eigenvalue weighted by atomic mass is 19.4. The van der Waals surface area contributed by atoms with E-state index in [0.717, 1.165) is 88.9 Å². The molecule has 0 saturated carbocycles. The zero-order chi connectivity index (χ0) is 47.5. The van der Waals surface area contributed by atoms with E-state index in [1.807, 2.05) is 179 Å². The molecule has 0 N–H and O–H groups in total. The van der Waals surface area contributed by atoms with Gasteiger partial charge < -0.3 is 9.13 Å². The number of hydrogen-bond acceptors (Lipinski definition) is 3. The maximum absolute atomic E-state index is 15.4.